The number of likely N-dealkylation sites (N-methyl/N-ethyl adjacent to an activating group) is 1. The summed E-state index contributed by atoms with van der Waals surface area (Å²) in [4.78, 5) is 7.04. The third kappa shape index (κ3) is 4.18. The summed E-state index contributed by atoms with van der Waals surface area (Å²) >= 11 is 0. The van der Waals surface area contributed by atoms with E-state index in [9.17, 15) is 5.11 Å². The molecule has 0 amide bonds. The lowest BCUT2D eigenvalue weighted by molar-refractivity contribution is 0.199. The van der Waals surface area contributed by atoms with Gasteiger partial charge >= 0.3 is 0 Å². The molecular formula is C24H28N2O2. The van der Waals surface area contributed by atoms with Crippen LogP contribution in [0, 0.1) is 0 Å². The maximum absolute atomic E-state index is 9.97. The Morgan fingerprint density at radius 3 is 2.68 bits per heavy atom. The second-order valence-electron chi connectivity index (χ2n) is 8.00. The van der Waals surface area contributed by atoms with Gasteiger partial charge in [0.1, 0.15) is 12.4 Å². The Bertz CT molecular complexity index is 978. The van der Waals surface area contributed by atoms with Crippen molar-refractivity contribution in [1.82, 2.24) is 9.88 Å². The molecule has 28 heavy (non-hydrogen) atoms. The summed E-state index contributed by atoms with van der Waals surface area (Å²) in [6.45, 7) is 3.33. The molecule has 0 radical (unpaired) electrons. The molecule has 1 N–H and O–H groups in total. The van der Waals surface area contributed by atoms with E-state index in [4.69, 9.17) is 9.72 Å². The molecule has 146 valence electrons. The standard InChI is InChI=1S/C24H28N2O2/c1-16(27)18-9-10-21-22(17-7-8-17)15-23(25-24(21)14-18)19-5-4-6-20(13-19)28-12-11-26(2)3/h4-6,9-10,13-17,27H,7-8,11-12H2,1-3H3. The van der Waals surface area contributed by atoms with E-state index in [1.54, 1.807) is 6.92 Å². The Morgan fingerprint density at radius 2 is 1.96 bits per heavy atom. The number of nitrogens with zero attached hydrogens (tertiary/aromatic N) is 2. The minimum atomic E-state index is -0.493. The summed E-state index contributed by atoms with van der Waals surface area (Å²) in [6.07, 6.45) is 1.99. The van der Waals surface area contributed by atoms with Crippen LogP contribution in [0.2, 0.25) is 0 Å². The van der Waals surface area contributed by atoms with E-state index in [2.05, 4.69) is 29.2 Å². The van der Waals surface area contributed by atoms with Gasteiger partial charge in [-0.1, -0.05) is 24.3 Å². The van der Waals surface area contributed by atoms with E-state index in [1.165, 1.54) is 23.8 Å². The van der Waals surface area contributed by atoms with E-state index in [-0.39, 0.29) is 0 Å². The van der Waals surface area contributed by atoms with E-state index < -0.39 is 6.10 Å². The van der Waals surface area contributed by atoms with Crippen molar-refractivity contribution in [2.24, 2.45) is 0 Å². The van der Waals surface area contributed by atoms with Crippen molar-refractivity contribution in [2.75, 3.05) is 27.2 Å². The van der Waals surface area contributed by atoms with Crippen LogP contribution in [0.4, 0.5) is 0 Å². The lowest BCUT2D eigenvalue weighted by atomic mass is 9.99. The monoisotopic (exact) mass is 376 g/mol. The van der Waals surface area contributed by atoms with E-state index >= 15 is 0 Å². The highest BCUT2D eigenvalue weighted by Gasteiger charge is 2.26. The summed E-state index contributed by atoms with van der Waals surface area (Å²) in [5.41, 5.74) is 5.26. The number of aromatic nitrogens is 1. The summed E-state index contributed by atoms with van der Waals surface area (Å²) in [5, 5.41) is 11.2. The molecule has 1 unspecified atom stereocenters. The quantitative estimate of drug-likeness (QED) is 0.645. The third-order valence-electron chi connectivity index (χ3n) is 5.30. The number of ether oxygens (including phenoxy) is 1. The molecule has 2 aromatic carbocycles. The minimum Gasteiger partial charge on any atom is -0.492 e. The molecule has 4 nitrogen and oxygen atoms in total. The van der Waals surface area contributed by atoms with E-state index in [0.717, 1.165) is 34.6 Å². The summed E-state index contributed by atoms with van der Waals surface area (Å²) < 4.78 is 5.90. The Labute approximate surface area is 166 Å². The number of aliphatic hydroxyl groups excluding tert-OH is 1. The molecule has 4 rings (SSSR count). The molecule has 1 heterocycles. The second-order valence-corrected chi connectivity index (χ2v) is 8.00. The fourth-order valence-electron chi connectivity index (χ4n) is 3.50. The van der Waals surface area contributed by atoms with Gasteiger partial charge in [0.2, 0.25) is 0 Å². The summed E-state index contributed by atoms with van der Waals surface area (Å²) in [7, 11) is 4.08. The van der Waals surface area contributed by atoms with Crippen molar-refractivity contribution in [1.29, 1.82) is 0 Å². The van der Waals surface area contributed by atoms with Crippen LogP contribution in [0.1, 0.15) is 42.9 Å². The molecule has 1 saturated carbocycles. The molecule has 1 aromatic heterocycles. The molecule has 4 heteroatoms. The molecular weight excluding hydrogens is 348 g/mol. The van der Waals surface area contributed by atoms with Crippen LogP contribution in [0.15, 0.2) is 48.5 Å². The van der Waals surface area contributed by atoms with Crippen LogP contribution in [0.3, 0.4) is 0 Å². The fraction of sp³-hybridized carbons (Fsp3) is 0.375. The van der Waals surface area contributed by atoms with E-state index in [0.29, 0.717) is 12.5 Å². The molecule has 1 fully saturated rings. The Kier molecular flexibility index (Phi) is 5.33. The zero-order valence-electron chi connectivity index (χ0n) is 16.9. The zero-order valence-corrected chi connectivity index (χ0v) is 16.9. The van der Waals surface area contributed by atoms with Crippen molar-refractivity contribution in [3.63, 3.8) is 0 Å². The minimum absolute atomic E-state index is 0.493. The average molecular weight is 377 g/mol. The number of benzene rings is 2. The number of rotatable bonds is 7. The Hall–Kier alpha value is -2.43. The summed E-state index contributed by atoms with van der Waals surface area (Å²) in [6, 6.07) is 16.6. The zero-order chi connectivity index (χ0) is 19.7. The number of aliphatic hydroxyl groups is 1. The van der Waals surface area contributed by atoms with Crippen LogP contribution >= 0.6 is 0 Å². The molecule has 1 atom stereocenters. The molecule has 0 saturated heterocycles. The molecule has 0 aliphatic heterocycles. The molecule has 1 aliphatic rings. The van der Waals surface area contributed by atoms with Gasteiger partial charge in [0.05, 0.1) is 17.3 Å². The van der Waals surface area contributed by atoms with Gasteiger partial charge in [-0.3, -0.25) is 0 Å². The highest BCUT2D eigenvalue weighted by atomic mass is 16.5. The Balaban J connectivity index is 1.72. The van der Waals surface area contributed by atoms with Gasteiger partial charge < -0.3 is 14.7 Å². The number of hydrogen-bond acceptors (Lipinski definition) is 4. The average Bonchev–Trinajstić information content (AvgIpc) is 3.51. The molecule has 0 bridgehead atoms. The maximum Gasteiger partial charge on any atom is 0.120 e. The van der Waals surface area contributed by atoms with Gasteiger partial charge in [-0.2, -0.15) is 0 Å². The molecule has 1 aliphatic carbocycles. The lowest BCUT2D eigenvalue weighted by Crippen LogP contribution is -2.19. The van der Waals surface area contributed by atoms with Crippen LogP contribution in [-0.2, 0) is 0 Å². The normalized spacial score (nSPS) is 15.2. The van der Waals surface area contributed by atoms with Crippen molar-refractivity contribution >= 4 is 10.9 Å². The third-order valence-corrected chi connectivity index (χ3v) is 5.30. The van der Waals surface area contributed by atoms with Crippen LogP contribution in [0.5, 0.6) is 5.75 Å². The lowest BCUT2D eigenvalue weighted by Gasteiger charge is -2.13. The van der Waals surface area contributed by atoms with Gasteiger partial charge in [-0.15, -0.1) is 0 Å². The van der Waals surface area contributed by atoms with Gasteiger partial charge in [0, 0.05) is 17.5 Å². The second kappa shape index (κ2) is 7.90. The smallest absolute Gasteiger partial charge is 0.120 e. The molecule has 0 spiro atoms. The highest BCUT2D eigenvalue weighted by molar-refractivity contribution is 5.86. The van der Waals surface area contributed by atoms with Crippen molar-refractivity contribution < 1.29 is 9.84 Å². The van der Waals surface area contributed by atoms with E-state index in [1.807, 2.05) is 38.4 Å². The van der Waals surface area contributed by atoms with Crippen molar-refractivity contribution in [3.8, 4) is 17.0 Å². The van der Waals surface area contributed by atoms with Gasteiger partial charge in [0.15, 0.2) is 0 Å². The largest absolute Gasteiger partial charge is 0.492 e. The van der Waals surface area contributed by atoms with Gasteiger partial charge in [-0.25, -0.2) is 4.98 Å². The number of pyridine rings is 1. The topological polar surface area (TPSA) is 45.6 Å². The first-order valence-corrected chi connectivity index (χ1v) is 10.0. The first-order valence-electron chi connectivity index (χ1n) is 10.0. The summed E-state index contributed by atoms with van der Waals surface area (Å²) in [5.74, 6) is 1.49. The van der Waals surface area contributed by atoms with Gasteiger partial charge in [-0.05, 0) is 75.2 Å². The predicted octanol–water partition coefficient (Wildman–Crippen LogP) is 4.77. The molecule has 3 aromatic rings. The Morgan fingerprint density at radius 1 is 1.14 bits per heavy atom. The fourth-order valence-corrected chi connectivity index (χ4v) is 3.50. The van der Waals surface area contributed by atoms with Crippen molar-refractivity contribution in [2.45, 2.75) is 31.8 Å². The van der Waals surface area contributed by atoms with Crippen LogP contribution in [0.25, 0.3) is 22.2 Å². The number of fused-ring (bicyclic) bond motifs is 1. The first kappa shape index (κ1) is 18.9. The van der Waals surface area contributed by atoms with Crippen LogP contribution in [-0.4, -0.2) is 42.2 Å². The first-order chi connectivity index (χ1) is 13.5. The number of hydrogen-bond donors (Lipinski definition) is 1. The predicted molar refractivity (Wildman–Crippen MR) is 114 cm³/mol. The van der Waals surface area contributed by atoms with Crippen molar-refractivity contribution in [3.05, 3.63) is 59.7 Å². The van der Waals surface area contributed by atoms with Gasteiger partial charge in [0.25, 0.3) is 0 Å². The highest BCUT2D eigenvalue weighted by Crippen LogP contribution is 2.44. The van der Waals surface area contributed by atoms with Crippen LogP contribution < -0.4 is 4.74 Å². The maximum atomic E-state index is 9.97. The SMILES string of the molecule is CC(O)c1ccc2c(C3CC3)cc(-c3cccc(OCCN(C)C)c3)nc2c1.